The molecule has 216 valence electrons. The Hall–Kier alpha value is -5.34. The highest BCUT2D eigenvalue weighted by Gasteiger charge is 2.36. The van der Waals surface area contributed by atoms with E-state index in [0.29, 0.717) is 0 Å². The van der Waals surface area contributed by atoms with E-state index in [1.807, 2.05) is 0 Å². The number of carbonyl (C=O) groups is 3. The average molecular weight is 597 g/mol. The fourth-order valence-corrected chi connectivity index (χ4v) is 4.44. The van der Waals surface area contributed by atoms with Crippen LogP contribution in [0.25, 0.3) is 33.4 Å². The predicted octanol–water partition coefficient (Wildman–Crippen LogP) is 5.24. The van der Waals surface area contributed by atoms with Crippen molar-refractivity contribution in [2.24, 2.45) is 17.2 Å². The van der Waals surface area contributed by atoms with Crippen LogP contribution in [0.5, 0.6) is 0 Å². The lowest BCUT2D eigenvalue weighted by Gasteiger charge is -2.24. The van der Waals surface area contributed by atoms with Crippen molar-refractivity contribution in [3.63, 3.8) is 0 Å². The Morgan fingerprint density at radius 1 is 0.357 bits per heavy atom. The topological polar surface area (TPSA) is 129 Å². The summed E-state index contributed by atoms with van der Waals surface area (Å²) in [6, 6.07) is -0.00765. The number of nitrogens with two attached hydrogens (primary N) is 3. The number of primary amides is 3. The van der Waals surface area contributed by atoms with Crippen LogP contribution >= 0.6 is 0 Å². The van der Waals surface area contributed by atoms with Crippen molar-refractivity contribution in [2.75, 3.05) is 0 Å². The van der Waals surface area contributed by atoms with Crippen LogP contribution < -0.4 is 17.2 Å². The van der Waals surface area contributed by atoms with Crippen LogP contribution in [0.15, 0.2) is 36.4 Å². The van der Waals surface area contributed by atoms with Crippen molar-refractivity contribution in [2.45, 2.75) is 0 Å². The van der Waals surface area contributed by atoms with Crippen LogP contribution in [-0.4, -0.2) is 17.7 Å². The lowest BCUT2D eigenvalue weighted by molar-refractivity contribution is 0.0999. The summed E-state index contributed by atoms with van der Waals surface area (Å²) in [4.78, 5) is 38.5. The van der Waals surface area contributed by atoms with Crippen molar-refractivity contribution >= 4 is 17.7 Å². The maximum atomic E-state index is 15.2. The molecule has 15 heteroatoms. The zero-order valence-electron chi connectivity index (χ0n) is 20.3. The van der Waals surface area contributed by atoms with Crippen molar-refractivity contribution in [3.8, 4) is 33.4 Å². The Balaban J connectivity index is 2.49. The molecule has 6 N–H and O–H groups in total. The maximum Gasteiger partial charge on any atom is 0.250 e. The van der Waals surface area contributed by atoms with Crippen molar-refractivity contribution < 1.29 is 53.9 Å². The fraction of sp³-hybridized carbons (Fsp3) is 0. The van der Waals surface area contributed by atoms with Gasteiger partial charge in [0.15, 0.2) is 34.9 Å². The summed E-state index contributed by atoms with van der Waals surface area (Å²) in [6.07, 6.45) is 0. The third-order valence-corrected chi connectivity index (χ3v) is 6.08. The summed E-state index contributed by atoms with van der Waals surface area (Å²) in [5, 5.41) is 0. The van der Waals surface area contributed by atoms with Gasteiger partial charge in [0.1, 0.15) is 17.5 Å². The second-order valence-corrected chi connectivity index (χ2v) is 8.58. The quantitative estimate of drug-likeness (QED) is 0.208. The monoisotopic (exact) mass is 597 g/mol. The first-order chi connectivity index (χ1) is 19.6. The van der Waals surface area contributed by atoms with E-state index in [2.05, 4.69) is 0 Å². The van der Waals surface area contributed by atoms with Crippen LogP contribution in [0.4, 0.5) is 39.5 Å². The Kier molecular flexibility index (Phi) is 7.46. The van der Waals surface area contributed by atoms with Crippen LogP contribution in [-0.2, 0) is 0 Å². The molecule has 0 fully saturated rings. The molecule has 0 saturated carbocycles. The number of rotatable bonds is 6. The highest BCUT2D eigenvalue weighted by Crippen LogP contribution is 2.47. The van der Waals surface area contributed by atoms with Crippen LogP contribution in [0, 0.1) is 52.4 Å². The molecule has 4 rings (SSSR count). The predicted molar refractivity (Wildman–Crippen MR) is 128 cm³/mol. The van der Waals surface area contributed by atoms with E-state index in [4.69, 9.17) is 17.2 Å². The van der Waals surface area contributed by atoms with Gasteiger partial charge in [-0.15, -0.1) is 0 Å². The normalized spacial score (nSPS) is 11.1. The molecule has 4 aromatic carbocycles. The van der Waals surface area contributed by atoms with E-state index in [-0.39, 0.29) is 36.4 Å². The second-order valence-electron chi connectivity index (χ2n) is 8.58. The molecule has 0 aliphatic heterocycles. The number of hydrogen-bond acceptors (Lipinski definition) is 3. The molecule has 0 aliphatic carbocycles. The molecule has 0 radical (unpaired) electrons. The Morgan fingerprint density at radius 2 is 0.548 bits per heavy atom. The summed E-state index contributed by atoms with van der Waals surface area (Å²) in [5.74, 6) is -21.3. The van der Waals surface area contributed by atoms with Crippen LogP contribution in [0.1, 0.15) is 31.1 Å². The first kappa shape index (κ1) is 29.6. The molecule has 6 nitrogen and oxygen atoms in total. The Morgan fingerprint density at radius 3 is 0.738 bits per heavy atom. The zero-order valence-corrected chi connectivity index (χ0v) is 20.3. The molecular weight excluding hydrogens is 585 g/mol. The Bertz CT molecular complexity index is 1640. The van der Waals surface area contributed by atoms with Crippen LogP contribution in [0.3, 0.4) is 0 Å². The van der Waals surface area contributed by atoms with Gasteiger partial charge in [-0.3, -0.25) is 14.4 Å². The van der Waals surface area contributed by atoms with Gasteiger partial charge in [-0.2, -0.15) is 0 Å². The van der Waals surface area contributed by atoms with Gasteiger partial charge in [0.25, 0.3) is 0 Å². The summed E-state index contributed by atoms with van der Waals surface area (Å²) in [7, 11) is 0. The van der Waals surface area contributed by atoms with Gasteiger partial charge in [-0.1, -0.05) is 0 Å². The maximum absolute atomic E-state index is 15.2. The molecule has 0 unspecified atom stereocenters. The summed E-state index contributed by atoms with van der Waals surface area (Å²) < 4.78 is 130. The van der Waals surface area contributed by atoms with Gasteiger partial charge in [-0.25, -0.2) is 39.5 Å². The third kappa shape index (κ3) is 4.78. The summed E-state index contributed by atoms with van der Waals surface area (Å²) in [5.41, 5.74) is 4.95. The van der Waals surface area contributed by atoms with Gasteiger partial charge in [0, 0.05) is 51.6 Å². The van der Waals surface area contributed by atoms with E-state index in [1.165, 1.54) is 0 Å². The smallest absolute Gasteiger partial charge is 0.250 e. The third-order valence-electron chi connectivity index (χ3n) is 6.08. The minimum absolute atomic E-state index is 0.0690. The summed E-state index contributed by atoms with van der Waals surface area (Å²) >= 11 is 0. The van der Waals surface area contributed by atoms with Crippen molar-refractivity contribution in [1.82, 2.24) is 0 Å². The fourth-order valence-electron chi connectivity index (χ4n) is 4.44. The van der Waals surface area contributed by atoms with Gasteiger partial charge < -0.3 is 17.2 Å². The first-order valence-electron chi connectivity index (χ1n) is 11.1. The lowest BCUT2D eigenvalue weighted by atomic mass is 9.78. The second kappa shape index (κ2) is 10.6. The van der Waals surface area contributed by atoms with E-state index in [0.717, 1.165) is 0 Å². The minimum Gasteiger partial charge on any atom is -0.366 e. The zero-order chi connectivity index (χ0) is 31.4. The van der Waals surface area contributed by atoms with Gasteiger partial charge in [0.2, 0.25) is 17.7 Å². The van der Waals surface area contributed by atoms with E-state index in [9.17, 15) is 40.7 Å². The van der Waals surface area contributed by atoms with Gasteiger partial charge in [0.05, 0.1) is 16.7 Å². The number of benzene rings is 4. The first-order valence-corrected chi connectivity index (χ1v) is 11.1. The number of carbonyl (C=O) groups excluding carboxylic acids is 3. The van der Waals surface area contributed by atoms with E-state index in [1.54, 1.807) is 0 Å². The molecule has 4 aromatic rings. The molecule has 0 saturated heterocycles. The largest absolute Gasteiger partial charge is 0.366 e. The standard InChI is InChI=1S/C27H12F9N3O3/c28-10-4-16(34)13(31)1-7(10)19-22(25(37)40)20(8-2-14(32)17(35)5-11(8)29)24(27(39)42)21(23(19)26(38)41)9-3-15(33)18(36)6-12(9)30/h1-6H,(H2,37,40)(H2,38,41)(H2,39,42). The molecule has 0 spiro atoms. The molecule has 0 atom stereocenters. The molecule has 0 aromatic heterocycles. The SMILES string of the molecule is NC(=O)c1c(-c2cc(F)c(F)cc2F)c(C(N)=O)c(-c2cc(F)c(F)cc2F)c(C(N)=O)c1-c1cc(F)c(F)cc1F. The molecule has 42 heavy (non-hydrogen) atoms. The van der Waals surface area contributed by atoms with E-state index < -0.39 is 120 Å². The Labute approximate surface area is 228 Å². The number of amides is 3. The van der Waals surface area contributed by atoms with Gasteiger partial charge in [-0.05, 0) is 18.2 Å². The molecule has 0 aliphatic rings. The average Bonchev–Trinajstić information content (AvgIpc) is 2.88. The van der Waals surface area contributed by atoms with Crippen molar-refractivity contribution in [1.29, 1.82) is 0 Å². The molecule has 0 bridgehead atoms. The summed E-state index contributed by atoms with van der Waals surface area (Å²) in [6.45, 7) is 0. The highest BCUT2D eigenvalue weighted by atomic mass is 19.2. The van der Waals surface area contributed by atoms with Gasteiger partial charge >= 0.3 is 0 Å². The number of hydrogen-bond donors (Lipinski definition) is 3. The molecular formula is C27H12F9N3O3. The highest BCUT2D eigenvalue weighted by molar-refractivity contribution is 6.22. The minimum atomic E-state index is -1.81. The van der Waals surface area contributed by atoms with Crippen molar-refractivity contribution in [3.05, 3.63) is 105 Å². The van der Waals surface area contributed by atoms with E-state index >= 15 is 13.2 Å². The molecule has 0 heterocycles. The number of halogens is 9. The molecule has 3 amide bonds. The van der Waals surface area contributed by atoms with Crippen LogP contribution in [0.2, 0.25) is 0 Å². The lowest BCUT2D eigenvalue weighted by Crippen LogP contribution is -2.26.